The van der Waals surface area contributed by atoms with Crippen LogP contribution >= 0.6 is 24.0 Å². The highest BCUT2D eigenvalue weighted by atomic mass is 127. The molecule has 146 valence electrons. The quantitative estimate of drug-likeness (QED) is 0.372. The Hall–Kier alpha value is -2.93. The average molecular weight is 491 g/mol. The van der Waals surface area contributed by atoms with Crippen LogP contribution in [0.15, 0.2) is 52.3 Å². The van der Waals surface area contributed by atoms with Crippen molar-refractivity contribution in [1.29, 1.82) is 10.7 Å². The molecule has 2 aromatic heterocycles. The summed E-state index contributed by atoms with van der Waals surface area (Å²) in [5.41, 5.74) is 9.63. The predicted molar refractivity (Wildman–Crippen MR) is 119 cm³/mol. The molecule has 0 radical (unpaired) electrons. The Labute approximate surface area is 180 Å². The van der Waals surface area contributed by atoms with E-state index in [2.05, 4.69) is 22.1 Å². The van der Waals surface area contributed by atoms with Crippen LogP contribution in [0.2, 0.25) is 0 Å². The standard InChI is InChI=1S/C11H11N.C9H8N4O2.HI.H2/c12-8-9-5-6-10-3-1-2-4-11(10)7-9;10-6-2-13-8(14)1-5(6)9(11)7-3-12-4-15-7;;/h5-7H,1-4H2;1-4,11H,10H2,(H,13,14);2*1H. The molecule has 7 nitrogen and oxygen atoms in total. The van der Waals surface area contributed by atoms with E-state index in [9.17, 15) is 4.79 Å². The number of hydrogen-bond acceptors (Lipinski definition) is 6. The summed E-state index contributed by atoms with van der Waals surface area (Å²) in [6.45, 7) is 0. The van der Waals surface area contributed by atoms with Crippen molar-refractivity contribution in [1.82, 2.24) is 9.97 Å². The van der Waals surface area contributed by atoms with Gasteiger partial charge in [0, 0.05) is 19.3 Å². The van der Waals surface area contributed by atoms with Gasteiger partial charge in [0.15, 0.2) is 12.2 Å². The summed E-state index contributed by atoms with van der Waals surface area (Å²) >= 11 is 0. The Bertz CT molecular complexity index is 1060. The number of aromatic amines is 1. The summed E-state index contributed by atoms with van der Waals surface area (Å²) in [7, 11) is 0. The zero-order valence-corrected chi connectivity index (χ0v) is 17.4. The number of fused-ring (bicyclic) bond motifs is 1. The van der Waals surface area contributed by atoms with Crippen LogP contribution in [0.4, 0.5) is 5.69 Å². The molecule has 28 heavy (non-hydrogen) atoms. The number of hydrogen-bond donors (Lipinski definition) is 3. The zero-order valence-electron chi connectivity index (χ0n) is 15.1. The van der Waals surface area contributed by atoms with E-state index in [0.29, 0.717) is 11.3 Å². The van der Waals surface area contributed by atoms with Crippen LogP contribution in [0.1, 0.15) is 42.3 Å². The van der Waals surface area contributed by atoms with Crippen LogP contribution in [0, 0.1) is 16.7 Å². The molecule has 3 aromatic rings. The number of pyridine rings is 1. The maximum absolute atomic E-state index is 11.1. The van der Waals surface area contributed by atoms with E-state index in [4.69, 9.17) is 20.8 Å². The van der Waals surface area contributed by atoms with Crippen molar-refractivity contribution in [2.45, 2.75) is 25.7 Å². The van der Waals surface area contributed by atoms with Crippen LogP contribution in [-0.4, -0.2) is 15.7 Å². The number of nitriles is 1. The van der Waals surface area contributed by atoms with E-state index in [1.165, 1.54) is 55.2 Å². The molecule has 4 N–H and O–H groups in total. The van der Waals surface area contributed by atoms with Gasteiger partial charge in [0.2, 0.25) is 5.56 Å². The fourth-order valence-corrected chi connectivity index (χ4v) is 2.97. The largest absolute Gasteiger partial charge is 0.442 e. The number of aryl methyl sites for hydroxylation is 2. The number of benzene rings is 1. The number of nitrogens with two attached hydrogens (primary N) is 1. The number of nitrogen functional groups attached to an aromatic ring is 1. The van der Waals surface area contributed by atoms with Crippen molar-refractivity contribution < 1.29 is 5.84 Å². The molecular weight excluding hydrogens is 469 g/mol. The summed E-state index contributed by atoms with van der Waals surface area (Å²) in [4.78, 5) is 17.2. The molecule has 0 bridgehead atoms. The molecule has 4 rings (SSSR count). The Morgan fingerprint density at radius 3 is 2.71 bits per heavy atom. The minimum Gasteiger partial charge on any atom is -0.442 e. The van der Waals surface area contributed by atoms with Crippen LogP contribution in [-0.2, 0) is 12.8 Å². The van der Waals surface area contributed by atoms with Crippen LogP contribution in [0.25, 0.3) is 0 Å². The topological polar surface area (TPSA) is 133 Å². The molecule has 0 aliphatic heterocycles. The SMILES string of the molecule is I.N#Cc1ccc2c(c1)CCCC2.N=C(c1cnco1)c1cc(=O)[nH]cc1N.[HH]. The van der Waals surface area contributed by atoms with E-state index in [1.54, 1.807) is 0 Å². The molecule has 0 saturated heterocycles. The summed E-state index contributed by atoms with van der Waals surface area (Å²) in [5, 5.41) is 16.4. The van der Waals surface area contributed by atoms with Gasteiger partial charge >= 0.3 is 0 Å². The average Bonchev–Trinajstić information content (AvgIpc) is 3.24. The fourth-order valence-electron chi connectivity index (χ4n) is 2.97. The van der Waals surface area contributed by atoms with Crippen molar-refractivity contribution in [3.8, 4) is 6.07 Å². The van der Waals surface area contributed by atoms with Crippen LogP contribution in [0.5, 0.6) is 0 Å². The molecule has 0 atom stereocenters. The van der Waals surface area contributed by atoms with Gasteiger partial charge < -0.3 is 15.1 Å². The second-order valence-electron chi connectivity index (χ2n) is 6.21. The number of anilines is 1. The van der Waals surface area contributed by atoms with Crippen molar-refractivity contribution in [3.63, 3.8) is 0 Å². The Morgan fingerprint density at radius 2 is 2.04 bits per heavy atom. The summed E-state index contributed by atoms with van der Waals surface area (Å²) in [6, 6.07) is 9.49. The maximum atomic E-state index is 11.1. The van der Waals surface area contributed by atoms with Gasteiger partial charge in [-0.05, 0) is 48.9 Å². The Morgan fingerprint density at radius 1 is 1.29 bits per heavy atom. The lowest BCUT2D eigenvalue weighted by molar-refractivity contribution is 0.548. The van der Waals surface area contributed by atoms with Crippen molar-refractivity contribution in [2.75, 3.05) is 5.73 Å². The molecule has 0 saturated carbocycles. The van der Waals surface area contributed by atoms with Crippen LogP contribution in [0.3, 0.4) is 0 Å². The minimum atomic E-state index is -0.316. The molecule has 1 aliphatic carbocycles. The third-order valence-electron chi connectivity index (χ3n) is 4.38. The van der Waals surface area contributed by atoms with Crippen molar-refractivity contribution in [2.24, 2.45) is 0 Å². The number of rotatable bonds is 2. The number of nitrogens with zero attached hydrogens (tertiary/aromatic N) is 2. The lowest BCUT2D eigenvalue weighted by atomic mass is 9.91. The van der Waals surface area contributed by atoms with E-state index >= 15 is 0 Å². The highest BCUT2D eigenvalue weighted by Crippen LogP contribution is 2.21. The van der Waals surface area contributed by atoms with Gasteiger partial charge in [-0.2, -0.15) is 5.26 Å². The van der Waals surface area contributed by atoms with E-state index in [1.807, 2.05) is 12.1 Å². The Kier molecular flexibility index (Phi) is 7.52. The first-order valence-electron chi connectivity index (χ1n) is 8.56. The van der Waals surface area contributed by atoms with Gasteiger partial charge in [-0.3, -0.25) is 10.2 Å². The first-order chi connectivity index (χ1) is 13.1. The lowest BCUT2D eigenvalue weighted by Gasteiger charge is -2.14. The lowest BCUT2D eigenvalue weighted by Crippen LogP contribution is -2.12. The van der Waals surface area contributed by atoms with Crippen molar-refractivity contribution in [3.05, 3.63) is 81.4 Å². The fraction of sp³-hybridized carbons (Fsp3) is 0.200. The second kappa shape index (κ2) is 9.85. The first-order valence-corrected chi connectivity index (χ1v) is 8.56. The van der Waals surface area contributed by atoms with Gasteiger partial charge in [0.25, 0.3) is 0 Å². The van der Waals surface area contributed by atoms with E-state index in [0.717, 1.165) is 12.0 Å². The van der Waals surface area contributed by atoms with Crippen LogP contribution < -0.4 is 11.3 Å². The number of aromatic nitrogens is 2. The summed E-state index contributed by atoms with van der Waals surface area (Å²) in [5.74, 6) is 0.271. The molecule has 1 aliphatic rings. The third kappa shape index (κ3) is 5.07. The molecule has 0 unspecified atom stereocenters. The highest BCUT2D eigenvalue weighted by molar-refractivity contribution is 14.0. The normalized spacial score (nSPS) is 11.8. The molecule has 2 heterocycles. The Balaban J connectivity index is 0.000000277. The minimum absolute atomic E-state index is 0. The third-order valence-corrected chi connectivity index (χ3v) is 4.38. The van der Waals surface area contributed by atoms with E-state index in [-0.39, 0.29) is 42.4 Å². The first kappa shape index (κ1) is 21.4. The number of H-pyrrole nitrogens is 1. The molecule has 8 heteroatoms. The summed E-state index contributed by atoms with van der Waals surface area (Å²) < 4.78 is 4.94. The molecule has 0 amide bonds. The number of oxazole rings is 1. The number of nitrogens with one attached hydrogen (secondary N) is 2. The van der Waals surface area contributed by atoms with E-state index < -0.39 is 0 Å². The van der Waals surface area contributed by atoms with Gasteiger partial charge in [0.05, 0.1) is 23.5 Å². The zero-order chi connectivity index (χ0) is 19.2. The highest BCUT2D eigenvalue weighted by Gasteiger charge is 2.12. The summed E-state index contributed by atoms with van der Waals surface area (Å²) in [6.07, 6.45) is 8.89. The van der Waals surface area contributed by atoms with Gasteiger partial charge in [-0.15, -0.1) is 24.0 Å². The molecule has 0 fully saturated rings. The van der Waals surface area contributed by atoms with Gasteiger partial charge in [0.1, 0.15) is 5.71 Å². The van der Waals surface area contributed by atoms with Crippen molar-refractivity contribution >= 4 is 35.4 Å². The molecular formula is C20H22IN5O2. The monoisotopic (exact) mass is 491 g/mol. The second-order valence-corrected chi connectivity index (χ2v) is 6.21. The number of halogens is 1. The molecule has 1 aromatic carbocycles. The predicted octanol–water partition coefficient (Wildman–Crippen LogP) is 3.66. The maximum Gasteiger partial charge on any atom is 0.248 e. The van der Waals surface area contributed by atoms with Gasteiger partial charge in [-0.25, -0.2) is 4.98 Å². The molecule has 0 spiro atoms. The van der Waals surface area contributed by atoms with Gasteiger partial charge in [-0.1, -0.05) is 6.07 Å². The smallest absolute Gasteiger partial charge is 0.248 e.